The molecule has 0 unspecified atom stereocenters. The molecule has 3 aromatic rings. The van der Waals surface area contributed by atoms with E-state index in [4.69, 9.17) is 9.84 Å². The number of hydrogen-bond acceptors (Lipinski definition) is 8. The molecule has 4 rings (SSSR count). The first-order chi connectivity index (χ1) is 15.2. The van der Waals surface area contributed by atoms with Crippen LogP contribution >= 0.6 is 23.1 Å². The van der Waals surface area contributed by atoms with Gasteiger partial charge in [0.15, 0.2) is 11.0 Å². The molecule has 0 aliphatic carbocycles. The second-order valence-electron chi connectivity index (χ2n) is 7.05. The number of hydrogen-bond donors (Lipinski definition) is 1. The number of aromatic nitrogens is 3. The van der Waals surface area contributed by atoms with Gasteiger partial charge in [0, 0.05) is 32.7 Å². The Morgan fingerprint density at radius 1 is 1.16 bits per heavy atom. The van der Waals surface area contributed by atoms with Crippen molar-refractivity contribution in [2.45, 2.75) is 5.16 Å². The molecular formula is C21H25N5O3S2. The lowest BCUT2D eigenvalue weighted by Crippen LogP contribution is -2.49. The number of β-amino-alcohol motifs (C(OH)–C–C–N with tert-alkyl or cyclic N) is 1. The number of rotatable bonds is 8. The van der Waals surface area contributed by atoms with Crippen molar-refractivity contribution in [2.24, 2.45) is 0 Å². The number of thiophene rings is 1. The molecule has 1 aliphatic heterocycles. The Balaban J connectivity index is 1.50. The van der Waals surface area contributed by atoms with Crippen molar-refractivity contribution in [3.05, 3.63) is 41.8 Å². The second-order valence-corrected chi connectivity index (χ2v) is 8.94. The summed E-state index contributed by atoms with van der Waals surface area (Å²) in [6.07, 6.45) is 0. The molecule has 3 heterocycles. The zero-order valence-corrected chi connectivity index (χ0v) is 18.9. The minimum absolute atomic E-state index is 0.0932. The maximum atomic E-state index is 12.8. The molecule has 1 aromatic carbocycles. The van der Waals surface area contributed by atoms with Gasteiger partial charge >= 0.3 is 0 Å². The summed E-state index contributed by atoms with van der Waals surface area (Å²) in [6.45, 7) is 3.77. The van der Waals surface area contributed by atoms with Crippen molar-refractivity contribution in [3.63, 3.8) is 0 Å². The molecule has 0 bridgehead atoms. The molecule has 2 aromatic heterocycles. The number of piperazine rings is 1. The second kappa shape index (κ2) is 10.3. The van der Waals surface area contributed by atoms with Gasteiger partial charge in [0.2, 0.25) is 5.91 Å². The van der Waals surface area contributed by atoms with Crippen LogP contribution in [0.25, 0.3) is 16.4 Å². The summed E-state index contributed by atoms with van der Waals surface area (Å²) in [6, 6.07) is 11.7. The van der Waals surface area contributed by atoms with E-state index in [2.05, 4.69) is 15.1 Å². The first-order valence-corrected chi connectivity index (χ1v) is 11.9. The number of ether oxygens (including phenoxy) is 1. The first-order valence-electron chi connectivity index (χ1n) is 10.1. The highest BCUT2D eigenvalue weighted by atomic mass is 32.2. The topological polar surface area (TPSA) is 83.7 Å². The Hall–Kier alpha value is -2.40. The van der Waals surface area contributed by atoms with Crippen LogP contribution < -0.4 is 4.74 Å². The molecule has 10 heteroatoms. The van der Waals surface area contributed by atoms with Crippen LogP contribution in [0.3, 0.4) is 0 Å². The predicted octanol–water partition coefficient (Wildman–Crippen LogP) is 2.23. The molecule has 1 saturated heterocycles. The van der Waals surface area contributed by atoms with Crippen LogP contribution in [0.2, 0.25) is 0 Å². The summed E-state index contributed by atoms with van der Waals surface area (Å²) in [4.78, 5) is 17.8. The lowest BCUT2D eigenvalue weighted by atomic mass is 10.3. The van der Waals surface area contributed by atoms with Gasteiger partial charge in [-0.15, -0.1) is 21.5 Å². The van der Waals surface area contributed by atoms with Crippen LogP contribution in [0, 0.1) is 0 Å². The van der Waals surface area contributed by atoms with Crippen molar-refractivity contribution in [1.82, 2.24) is 24.6 Å². The van der Waals surface area contributed by atoms with Crippen LogP contribution in [0.15, 0.2) is 46.9 Å². The van der Waals surface area contributed by atoms with Crippen LogP contribution in [-0.2, 0) is 4.79 Å². The lowest BCUT2D eigenvalue weighted by molar-refractivity contribution is -0.130. The highest BCUT2D eigenvalue weighted by Gasteiger charge is 2.23. The fraction of sp³-hybridized carbons (Fsp3) is 0.381. The number of thioether (sulfide) groups is 1. The summed E-state index contributed by atoms with van der Waals surface area (Å²) >= 11 is 3.00. The van der Waals surface area contributed by atoms with Gasteiger partial charge in [0.25, 0.3) is 0 Å². The summed E-state index contributed by atoms with van der Waals surface area (Å²) in [5, 5.41) is 20.6. The Bertz CT molecular complexity index is 983. The molecule has 31 heavy (non-hydrogen) atoms. The standard InChI is InChI=1S/C21H25N5O3S2/c1-29-17-6-4-16(5-7-17)26-20(18-3-2-14-30-18)22-23-21(26)31-15-19(28)25-10-8-24(9-11-25)12-13-27/h2-7,14,27H,8-13,15H2,1H3. The number of carbonyl (C=O) groups excluding carboxylic acids is 1. The Morgan fingerprint density at radius 2 is 1.94 bits per heavy atom. The average molecular weight is 460 g/mol. The number of aliphatic hydroxyl groups is 1. The predicted molar refractivity (Wildman–Crippen MR) is 122 cm³/mol. The molecular weight excluding hydrogens is 434 g/mol. The van der Waals surface area contributed by atoms with Crippen LogP contribution in [0.1, 0.15) is 0 Å². The van der Waals surface area contributed by atoms with E-state index in [0.717, 1.165) is 35.2 Å². The smallest absolute Gasteiger partial charge is 0.233 e. The normalized spacial score (nSPS) is 14.7. The minimum atomic E-state index is 0.0932. The van der Waals surface area contributed by atoms with E-state index in [1.54, 1.807) is 18.4 Å². The Labute approximate surface area is 189 Å². The zero-order valence-electron chi connectivity index (χ0n) is 17.3. The van der Waals surface area contributed by atoms with Crippen molar-refractivity contribution >= 4 is 29.0 Å². The fourth-order valence-electron chi connectivity index (χ4n) is 3.47. The number of aliphatic hydroxyl groups excluding tert-OH is 1. The molecule has 0 spiro atoms. The molecule has 0 atom stereocenters. The van der Waals surface area contributed by atoms with Gasteiger partial charge in [0.05, 0.1) is 30.0 Å². The summed E-state index contributed by atoms with van der Waals surface area (Å²) in [7, 11) is 1.64. The van der Waals surface area contributed by atoms with Gasteiger partial charge in [-0.3, -0.25) is 14.3 Å². The van der Waals surface area contributed by atoms with Gasteiger partial charge in [-0.2, -0.15) is 0 Å². The largest absolute Gasteiger partial charge is 0.497 e. The molecule has 1 aliphatic rings. The van der Waals surface area contributed by atoms with Gasteiger partial charge < -0.3 is 14.7 Å². The van der Waals surface area contributed by atoms with Crippen molar-refractivity contribution in [1.29, 1.82) is 0 Å². The van der Waals surface area contributed by atoms with E-state index in [1.165, 1.54) is 11.8 Å². The fourth-order valence-corrected chi connectivity index (χ4v) is 5.03. The van der Waals surface area contributed by atoms with E-state index in [9.17, 15) is 4.79 Å². The Morgan fingerprint density at radius 3 is 2.58 bits per heavy atom. The third-order valence-electron chi connectivity index (χ3n) is 5.17. The number of benzene rings is 1. The number of nitrogens with zero attached hydrogens (tertiary/aromatic N) is 5. The third-order valence-corrected chi connectivity index (χ3v) is 6.95. The number of carbonyl (C=O) groups is 1. The van der Waals surface area contributed by atoms with Gasteiger partial charge in [-0.25, -0.2) is 0 Å². The quantitative estimate of drug-likeness (QED) is 0.517. The van der Waals surface area contributed by atoms with Gasteiger partial charge in [0.1, 0.15) is 5.75 Å². The SMILES string of the molecule is COc1ccc(-n2c(SCC(=O)N3CCN(CCO)CC3)nnc2-c2cccs2)cc1. The van der Waals surface area contributed by atoms with E-state index in [0.29, 0.717) is 30.5 Å². The van der Waals surface area contributed by atoms with E-state index >= 15 is 0 Å². The third kappa shape index (κ3) is 5.09. The maximum Gasteiger partial charge on any atom is 0.233 e. The molecule has 0 radical (unpaired) electrons. The number of amides is 1. The van der Waals surface area contributed by atoms with Crippen molar-refractivity contribution in [2.75, 3.05) is 52.2 Å². The monoisotopic (exact) mass is 459 g/mol. The van der Waals surface area contributed by atoms with Crippen molar-refractivity contribution < 1.29 is 14.6 Å². The highest BCUT2D eigenvalue weighted by molar-refractivity contribution is 7.99. The minimum Gasteiger partial charge on any atom is -0.497 e. The number of methoxy groups -OCH3 is 1. The van der Waals surface area contributed by atoms with E-state index in [1.807, 2.05) is 51.2 Å². The summed E-state index contributed by atoms with van der Waals surface area (Å²) < 4.78 is 7.27. The highest BCUT2D eigenvalue weighted by Crippen LogP contribution is 2.31. The average Bonchev–Trinajstić information content (AvgIpc) is 3.48. The zero-order chi connectivity index (χ0) is 21.6. The molecule has 8 nitrogen and oxygen atoms in total. The molecule has 0 saturated carbocycles. The summed E-state index contributed by atoms with van der Waals surface area (Å²) in [5.74, 6) is 1.93. The summed E-state index contributed by atoms with van der Waals surface area (Å²) in [5.41, 5.74) is 0.918. The first kappa shape index (κ1) is 21.8. The maximum absolute atomic E-state index is 12.8. The van der Waals surface area contributed by atoms with Crippen LogP contribution in [0.4, 0.5) is 0 Å². The Kier molecular flexibility index (Phi) is 7.23. The molecule has 1 N–H and O–H groups in total. The molecule has 1 amide bonds. The van der Waals surface area contributed by atoms with Crippen molar-refractivity contribution in [3.8, 4) is 22.1 Å². The van der Waals surface area contributed by atoms with Crippen LogP contribution in [0.5, 0.6) is 5.75 Å². The molecule has 1 fully saturated rings. The van der Waals surface area contributed by atoms with Gasteiger partial charge in [-0.05, 0) is 35.7 Å². The van der Waals surface area contributed by atoms with E-state index < -0.39 is 0 Å². The van der Waals surface area contributed by atoms with E-state index in [-0.39, 0.29) is 12.5 Å². The van der Waals surface area contributed by atoms with Gasteiger partial charge in [-0.1, -0.05) is 17.8 Å². The van der Waals surface area contributed by atoms with Crippen LogP contribution in [-0.4, -0.2) is 87.8 Å². The lowest BCUT2D eigenvalue weighted by Gasteiger charge is -2.34. The molecule has 164 valence electrons.